The van der Waals surface area contributed by atoms with Gasteiger partial charge in [0.1, 0.15) is 0 Å². The Bertz CT molecular complexity index is 326. The van der Waals surface area contributed by atoms with Crippen molar-refractivity contribution in [3.05, 3.63) is 21.9 Å². The first-order chi connectivity index (χ1) is 6.47. The summed E-state index contributed by atoms with van der Waals surface area (Å²) in [5, 5.41) is 8.19. The molecule has 0 aliphatic heterocycles. The average Bonchev–Trinajstić information content (AvgIpc) is 2.09. The van der Waals surface area contributed by atoms with Gasteiger partial charge in [0.15, 0.2) is 10.3 Å². The fourth-order valence-corrected chi connectivity index (χ4v) is 1.82. The lowest BCUT2D eigenvalue weighted by molar-refractivity contribution is 0.485. The molecule has 0 unspecified atom stereocenters. The monoisotopic (exact) mass is 233 g/mol. The highest BCUT2D eigenvalue weighted by Crippen LogP contribution is 2.31. The third kappa shape index (κ3) is 2.56. The molecule has 0 amide bonds. The Morgan fingerprint density at radius 3 is 2.57 bits per heavy atom. The van der Waals surface area contributed by atoms with Crippen LogP contribution in [0.25, 0.3) is 0 Å². The minimum absolute atomic E-state index is 0.120. The number of rotatable bonds is 3. The van der Waals surface area contributed by atoms with Crippen molar-refractivity contribution in [2.45, 2.75) is 25.7 Å². The molecule has 0 aromatic carbocycles. The third-order valence-corrected chi connectivity index (χ3v) is 2.68. The number of hydrogen-bond donors (Lipinski definition) is 1. The van der Waals surface area contributed by atoms with Crippen LogP contribution in [0.1, 0.15) is 25.8 Å². The number of nitrogens with zero attached hydrogens (tertiary/aromatic N) is 2. The summed E-state index contributed by atoms with van der Waals surface area (Å²) in [6.07, 6.45) is 0.828. The predicted octanol–water partition coefficient (Wildman–Crippen LogP) is 2.41. The Kier molecular flexibility index (Phi) is 3.70. The average molecular weight is 234 g/mol. The lowest BCUT2D eigenvalue weighted by Gasteiger charge is -2.24. The van der Waals surface area contributed by atoms with Gasteiger partial charge >= 0.3 is 0 Å². The lowest BCUT2D eigenvalue weighted by atomic mass is 9.83. The van der Waals surface area contributed by atoms with Crippen molar-refractivity contribution in [1.29, 1.82) is 0 Å². The van der Waals surface area contributed by atoms with Gasteiger partial charge in [-0.05, 0) is 24.4 Å². The Hall–Kier alpha value is -0.380. The molecule has 1 rings (SSSR count). The molecule has 0 fully saturated rings. The van der Waals surface area contributed by atoms with Gasteiger partial charge in [0.05, 0.1) is 0 Å². The molecule has 0 saturated carbocycles. The van der Waals surface area contributed by atoms with Gasteiger partial charge in [0.25, 0.3) is 0 Å². The molecule has 0 aliphatic rings. The van der Waals surface area contributed by atoms with Crippen LogP contribution in [-0.4, -0.2) is 16.7 Å². The Labute approximate surface area is 93.6 Å². The normalized spacial score (nSPS) is 11.8. The van der Waals surface area contributed by atoms with E-state index in [1.807, 2.05) is 0 Å². The van der Waals surface area contributed by atoms with Crippen LogP contribution in [0.2, 0.25) is 10.3 Å². The second kappa shape index (κ2) is 4.43. The van der Waals surface area contributed by atoms with Crippen LogP contribution >= 0.6 is 23.2 Å². The van der Waals surface area contributed by atoms with Gasteiger partial charge in [0, 0.05) is 5.56 Å². The molecule has 3 nitrogen and oxygen atoms in total. The molecule has 5 heteroatoms. The maximum absolute atomic E-state index is 5.94. The van der Waals surface area contributed by atoms with Gasteiger partial charge in [0.2, 0.25) is 0 Å². The zero-order valence-electron chi connectivity index (χ0n) is 8.22. The highest BCUT2D eigenvalue weighted by atomic mass is 35.5. The Morgan fingerprint density at radius 2 is 2.00 bits per heavy atom. The van der Waals surface area contributed by atoms with E-state index >= 15 is 0 Å². The molecule has 0 bridgehead atoms. The molecule has 0 radical (unpaired) electrons. The van der Waals surface area contributed by atoms with Crippen LogP contribution in [0.5, 0.6) is 0 Å². The second-order valence-electron chi connectivity index (χ2n) is 3.79. The second-order valence-corrected chi connectivity index (χ2v) is 4.54. The van der Waals surface area contributed by atoms with Gasteiger partial charge in [-0.3, -0.25) is 0 Å². The standard InChI is InChI=1S/C9H13Cl2N3/c1-9(2,3-4-12)6-5-7(10)13-14-8(6)11/h5H,3-4,12H2,1-2H3. The fraction of sp³-hybridized carbons (Fsp3) is 0.556. The van der Waals surface area contributed by atoms with Crippen LogP contribution in [0.15, 0.2) is 6.07 Å². The maximum atomic E-state index is 5.94. The van der Waals surface area contributed by atoms with E-state index in [2.05, 4.69) is 24.0 Å². The minimum Gasteiger partial charge on any atom is -0.330 e. The van der Waals surface area contributed by atoms with E-state index in [1.54, 1.807) is 6.07 Å². The molecule has 0 atom stereocenters. The number of aromatic nitrogens is 2. The van der Waals surface area contributed by atoms with E-state index in [9.17, 15) is 0 Å². The van der Waals surface area contributed by atoms with E-state index in [0.29, 0.717) is 16.9 Å². The zero-order chi connectivity index (χ0) is 10.8. The van der Waals surface area contributed by atoms with Crippen LogP contribution in [0.4, 0.5) is 0 Å². The molecule has 0 spiro atoms. The first-order valence-corrected chi connectivity index (χ1v) is 5.12. The number of nitrogens with two attached hydrogens (primary N) is 1. The van der Waals surface area contributed by atoms with Crippen LogP contribution in [0, 0.1) is 0 Å². The summed E-state index contributed by atoms with van der Waals surface area (Å²) in [4.78, 5) is 0. The summed E-state index contributed by atoms with van der Waals surface area (Å²) in [7, 11) is 0. The van der Waals surface area contributed by atoms with Crippen molar-refractivity contribution in [1.82, 2.24) is 10.2 Å². The minimum atomic E-state index is -0.120. The van der Waals surface area contributed by atoms with E-state index in [1.165, 1.54) is 0 Å². The highest BCUT2D eigenvalue weighted by Gasteiger charge is 2.23. The first-order valence-electron chi connectivity index (χ1n) is 4.36. The topological polar surface area (TPSA) is 51.8 Å². The molecular formula is C9H13Cl2N3. The van der Waals surface area contributed by atoms with Gasteiger partial charge in [-0.15, -0.1) is 10.2 Å². The molecule has 1 heterocycles. The van der Waals surface area contributed by atoms with Crippen molar-refractivity contribution in [2.24, 2.45) is 5.73 Å². The molecule has 1 aromatic rings. The van der Waals surface area contributed by atoms with Gasteiger partial charge in [-0.1, -0.05) is 37.0 Å². The quantitative estimate of drug-likeness (QED) is 0.873. The number of halogens is 2. The SMILES string of the molecule is CC(C)(CCN)c1cc(Cl)nnc1Cl. The van der Waals surface area contributed by atoms with Crippen molar-refractivity contribution >= 4 is 23.2 Å². The Balaban J connectivity index is 3.10. The summed E-state index contributed by atoms with van der Waals surface area (Å²) in [5.74, 6) is 0. The summed E-state index contributed by atoms with van der Waals surface area (Å²) in [6.45, 7) is 4.71. The van der Waals surface area contributed by atoms with Gasteiger partial charge < -0.3 is 5.73 Å². The summed E-state index contributed by atoms with van der Waals surface area (Å²) in [6, 6.07) is 1.74. The largest absolute Gasteiger partial charge is 0.330 e. The zero-order valence-corrected chi connectivity index (χ0v) is 9.73. The van der Waals surface area contributed by atoms with Crippen molar-refractivity contribution in [3.63, 3.8) is 0 Å². The van der Waals surface area contributed by atoms with E-state index < -0.39 is 0 Å². The fourth-order valence-electron chi connectivity index (χ4n) is 1.32. The molecular weight excluding hydrogens is 221 g/mol. The van der Waals surface area contributed by atoms with Crippen molar-refractivity contribution in [2.75, 3.05) is 6.54 Å². The first kappa shape index (κ1) is 11.7. The maximum Gasteiger partial charge on any atom is 0.155 e. The van der Waals surface area contributed by atoms with Crippen LogP contribution in [0.3, 0.4) is 0 Å². The van der Waals surface area contributed by atoms with E-state index in [4.69, 9.17) is 28.9 Å². The molecule has 0 saturated heterocycles. The molecule has 1 aromatic heterocycles. The number of hydrogen-bond acceptors (Lipinski definition) is 3. The van der Waals surface area contributed by atoms with Gasteiger partial charge in [-0.2, -0.15) is 0 Å². The Morgan fingerprint density at radius 1 is 1.36 bits per heavy atom. The highest BCUT2D eigenvalue weighted by molar-refractivity contribution is 6.31. The van der Waals surface area contributed by atoms with Crippen LogP contribution in [-0.2, 0) is 5.41 Å². The van der Waals surface area contributed by atoms with Crippen LogP contribution < -0.4 is 5.73 Å². The molecule has 0 aliphatic carbocycles. The third-order valence-electron chi connectivity index (χ3n) is 2.22. The summed E-state index contributed by atoms with van der Waals surface area (Å²) < 4.78 is 0. The van der Waals surface area contributed by atoms with Crippen molar-refractivity contribution in [3.8, 4) is 0 Å². The summed E-state index contributed by atoms with van der Waals surface area (Å²) >= 11 is 11.7. The van der Waals surface area contributed by atoms with E-state index in [0.717, 1.165) is 12.0 Å². The van der Waals surface area contributed by atoms with Gasteiger partial charge in [-0.25, -0.2) is 0 Å². The lowest BCUT2D eigenvalue weighted by Crippen LogP contribution is -2.22. The molecule has 78 valence electrons. The molecule has 14 heavy (non-hydrogen) atoms. The smallest absolute Gasteiger partial charge is 0.155 e. The molecule has 2 N–H and O–H groups in total. The predicted molar refractivity (Wildman–Crippen MR) is 58.7 cm³/mol. The van der Waals surface area contributed by atoms with Crippen molar-refractivity contribution < 1.29 is 0 Å². The summed E-state index contributed by atoms with van der Waals surface area (Å²) in [5.41, 5.74) is 6.30. The van der Waals surface area contributed by atoms with E-state index in [-0.39, 0.29) is 5.41 Å².